The highest BCUT2D eigenvalue weighted by Crippen LogP contribution is 2.74. The van der Waals surface area contributed by atoms with Crippen LogP contribution in [-0.2, 0) is 0 Å². The van der Waals surface area contributed by atoms with Gasteiger partial charge in [-0.25, -0.2) is 0 Å². The highest BCUT2D eigenvalue weighted by atomic mass is 35.5. The molecule has 6 aliphatic carbocycles. The van der Waals surface area contributed by atoms with Crippen LogP contribution in [0.1, 0.15) is 80.1 Å². The Bertz CT molecular complexity index is 422. The Labute approximate surface area is 143 Å². The van der Waals surface area contributed by atoms with Crippen LogP contribution in [0.25, 0.3) is 0 Å². The highest BCUT2D eigenvalue weighted by Gasteiger charge is 2.65. The van der Waals surface area contributed by atoms with Gasteiger partial charge >= 0.3 is 0 Å². The second kappa shape index (κ2) is 4.30. The Morgan fingerprint density at radius 2 is 0.909 bits per heavy atom. The van der Waals surface area contributed by atoms with Crippen molar-refractivity contribution in [1.82, 2.24) is 0 Å². The monoisotopic (exact) mass is 320 g/mol. The van der Waals surface area contributed by atoms with Gasteiger partial charge in [-0.05, 0) is 83.7 Å². The van der Waals surface area contributed by atoms with Gasteiger partial charge in [-0.2, -0.15) is 11.5 Å². The predicted molar refractivity (Wildman–Crippen MR) is 97.6 cm³/mol. The van der Waals surface area contributed by atoms with E-state index in [0.29, 0.717) is 27.6 Å². The Hall–Kier alpha value is 0.355. The van der Waals surface area contributed by atoms with Crippen LogP contribution in [0, 0.1) is 34.5 Å². The Morgan fingerprint density at radius 3 is 1.14 bits per heavy atom. The lowest BCUT2D eigenvalue weighted by molar-refractivity contribution is -0.0918. The van der Waals surface area contributed by atoms with Gasteiger partial charge < -0.3 is 0 Å². The third kappa shape index (κ3) is 1.84. The van der Waals surface area contributed by atoms with Gasteiger partial charge in [0.1, 0.15) is 0 Å². The molecule has 0 saturated heterocycles. The maximum absolute atomic E-state index is 7.28. The van der Waals surface area contributed by atoms with Crippen LogP contribution in [-0.4, -0.2) is 6.13 Å². The second-order valence-electron chi connectivity index (χ2n) is 11.4. The average molecular weight is 321 g/mol. The number of rotatable bonds is 2. The van der Waals surface area contributed by atoms with E-state index in [1.54, 1.807) is 0 Å². The molecule has 4 bridgehead atoms. The van der Waals surface area contributed by atoms with Crippen LogP contribution in [0.4, 0.5) is 0 Å². The number of halogens is 1. The molecule has 0 aliphatic heterocycles. The molecule has 0 spiro atoms. The van der Waals surface area contributed by atoms with E-state index in [1.165, 1.54) is 38.5 Å². The zero-order valence-electron chi connectivity index (χ0n) is 15.5. The quantitative estimate of drug-likeness (QED) is 0.500. The van der Waals surface area contributed by atoms with Gasteiger partial charge in [-0.15, -0.1) is 0 Å². The van der Waals surface area contributed by atoms with Crippen molar-refractivity contribution in [3.63, 3.8) is 0 Å². The Morgan fingerprint density at radius 1 is 0.636 bits per heavy atom. The van der Waals surface area contributed by atoms with Crippen LogP contribution in [0.3, 0.4) is 0 Å². The molecule has 0 nitrogen and oxygen atoms in total. The third-order valence-corrected chi connectivity index (χ3v) is 10.5. The smallest absolute Gasteiger partial charge is 0.194 e. The summed E-state index contributed by atoms with van der Waals surface area (Å²) in [6.07, 6.45) is 8.82. The normalized spacial score (nSPS) is 54.1. The molecule has 6 aliphatic rings. The van der Waals surface area contributed by atoms with Crippen molar-refractivity contribution in [3.05, 3.63) is 0 Å². The Kier molecular flexibility index (Phi) is 3.10. The summed E-state index contributed by atoms with van der Waals surface area (Å²) < 4.78 is 0. The lowest BCUT2D eigenvalue weighted by Crippen LogP contribution is -2.59. The maximum atomic E-state index is 7.28. The molecule has 6 saturated carbocycles. The summed E-state index contributed by atoms with van der Waals surface area (Å²) in [5, 5.41) is 0.765. The van der Waals surface area contributed by atoms with E-state index in [0.717, 1.165) is 23.7 Å². The number of fused-ring (bicyclic) bond motifs is 4. The first-order valence-electron chi connectivity index (χ1n) is 9.63. The Balaban J connectivity index is 1.52. The fraction of sp³-hybridized carbons (Fsp3) is 1.00. The summed E-state index contributed by atoms with van der Waals surface area (Å²) in [5.74, 6) is 3.71. The largest absolute Gasteiger partial charge is 0.262 e. The van der Waals surface area contributed by atoms with Gasteiger partial charge in [0.25, 0.3) is 6.13 Å². The van der Waals surface area contributed by atoms with Crippen molar-refractivity contribution in [2.45, 2.75) is 90.7 Å². The SMILES string of the molecule is CC1(B(Cl)C2(C)CC3CC(C2)C3(C)C)CC2CC(C1)C2(C)C. The van der Waals surface area contributed by atoms with Crippen LogP contribution >= 0.6 is 11.5 Å². The number of hydrogen-bond acceptors (Lipinski definition) is 0. The van der Waals surface area contributed by atoms with E-state index in [9.17, 15) is 0 Å². The van der Waals surface area contributed by atoms with Crippen molar-refractivity contribution in [3.8, 4) is 0 Å². The van der Waals surface area contributed by atoms with E-state index in [2.05, 4.69) is 41.5 Å². The van der Waals surface area contributed by atoms with Gasteiger partial charge in [-0.3, -0.25) is 0 Å². The lowest BCUT2D eigenvalue weighted by Gasteiger charge is -2.67. The fourth-order valence-corrected chi connectivity index (χ4v) is 7.66. The summed E-state index contributed by atoms with van der Waals surface area (Å²) in [7, 11) is 0. The molecule has 0 aromatic carbocycles. The molecule has 22 heavy (non-hydrogen) atoms. The van der Waals surface area contributed by atoms with Crippen molar-refractivity contribution in [2.24, 2.45) is 34.5 Å². The lowest BCUT2D eigenvalue weighted by atomic mass is 9.25. The average Bonchev–Trinajstić information content (AvgIpc) is 2.46. The zero-order chi connectivity index (χ0) is 16.1. The van der Waals surface area contributed by atoms with E-state index >= 15 is 0 Å². The second-order valence-corrected chi connectivity index (χ2v) is 11.8. The van der Waals surface area contributed by atoms with Gasteiger partial charge in [0, 0.05) is 0 Å². The molecule has 0 aromatic rings. The van der Waals surface area contributed by atoms with Crippen LogP contribution in [0.2, 0.25) is 10.6 Å². The minimum atomic E-state index is 0.378. The molecular weight excluding hydrogens is 286 g/mol. The summed E-state index contributed by atoms with van der Waals surface area (Å²) >= 11 is 7.28. The first kappa shape index (κ1) is 15.9. The van der Waals surface area contributed by atoms with Gasteiger partial charge in [0.05, 0.1) is 0 Å². The van der Waals surface area contributed by atoms with Gasteiger partial charge in [-0.1, -0.05) is 41.5 Å². The maximum Gasteiger partial charge on any atom is 0.262 e. The number of hydrogen-bond donors (Lipinski definition) is 0. The van der Waals surface area contributed by atoms with Crippen LogP contribution in [0.5, 0.6) is 0 Å². The fourth-order valence-electron chi connectivity index (χ4n) is 7.31. The summed E-state index contributed by atoms with van der Waals surface area (Å²) in [5.41, 5.74) is 1.18. The van der Waals surface area contributed by atoms with Crippen molar-refractivity contribution in [2.75, 3.05) is 0 Å². The first-order chi connectivity index (χ1) is 9.99. The summed E-state index contributed by atoms with van der Waals surface area (Å²) in [6.45, 7) is 15.0. The topological polar surface area (TPSA) is 0 Å². The highest BCUT2D eigenvalue weighted by molar-refractivity contribution is 7.10. The molecule has 4 unspecified atom stereocenters. The molecule has 2 heteroatoms. The minimum Gasteiger partial charge on any atom is -0.194 e. The van der Waals surface area contributed by atoms with Gasteiger partial charge in [0.15, 0.2) is 0 Å². The molecule has 0 amide bonds. The minimum absolute atomic E-state index is 0.378. The van der Waals surface area contributed by atoms with Crippen LogP contribution in [0.15, 0.2) is 0 Å². The first-order valence-corrected chi connectivity index (χ1v) is 10.1. The van der Waals surface area contributed by atoms with E-state index < -0.39 is 0 Å². The van der Waals surface area contributed by atoms with Crippen molar-refractivity contribution in [1.29, 1.82) is 0 Å². The molecule has 0 aromatic heterocycles. The van der Waals surface area contributed by atoms with Gasteiger partial charge in [0.2, 0.25) is 0 Å². The van der Waals surface area contributed by atoms with E-state index in [4.69, 9.17) is 11.5 Å². The van der Waals surface area contributed by atoms with Crippen molar-refractivity contribution < 1.29 is 0 Å². The molecule has 6 rings (SSSR count). The van der Waals surface area contributed by atoms with Crippen LogP contribution < -0.4 is 0 Å². The molecular formula is C20H34BCl. The molecule has 124 valence electrons. The molecule has 0 N–H and O–H groups in total. The van der Waals surface area contributed by atoms with E-state index in [1.807, 2.05) is 0 Å². The molecule has 4 atom stereocenters. The predicted octanol–water partition coefficient (Wildman–Crippen LogP) is 6.65. The summed E-state index contributed by atoms with van der Waals surface area (Å²) in [4.78, 5) is 0. The standard InChI is InChI=1S/C20H34BCl/c1-17(2)13-7-14(17)10-19(5,9-13)21(22)20(6)11-15-8-16(12-20)18(15,3)4/h13-16H,7-12H2,1-6H3. The van der Waals surface area contributed by atoms with E-state index in [-0.39, 0.29) is 0 Å². The summed E-state index contributed by atoms with van der Waals surface area (Å²) in [6, 6.07) is 0. The molecule has 0 radical (unpaired) electrons. The molecule has 0 heterocycles. The third-order valence-electron chi connectivity index (χ3n) is 9.42. The zero-order valence-corrected chi connectivity index (χ0v) is 16.3. The van der Waals surface area contributed by atoms with Crippen molar-refractivity contribution >= 4 is 17.6 Å². The molecule has 6 fully saturated rings.